The van der Waals surface area contributed by atoms with E-state index >= 15 is 0 Å². The van der Waals surface area contributed by atoms with Gasteiger partial charge in [-0.3, -0.25) is 9.78 Å². The molecule has 0 atom stereocenters. The molecule has 2 N–H and O–H groups in total. The van der Waals surface area contributed by atoms with E-state index in [0.717, 1.165) is 11.1 Å². The molecule has 3 rings (SSSR count). The van der Waals surface area contributed by atoms with Gasteiger partial charge < -0.3 is 10.4 Å². The van der Waals surface area contributed by atoms with Crippen LogP contribution < -0.4 is 5.32 Å². The number of aliphatic hydroxyl groups excluding tert-OH is 1. The Labute approximate surface area is 157 Å². The summed E-state index contributed by atoms with van der Waals surface area (Å²) < 4.78 is 13.7. The number of aliphatic hydroxyl groups is 1. The van der Waals surface area contributed by atoms with E-state index in [1.54, 1.807) is 43.5 Å². The summed E-state index contributed by atoms with van der Waals surface area (Å²) in [6.45, 7) is 3.67. The highest BCUT2D eigenvalue weighted by Gasteiger charge is 2.13. The Morgan fingerprint density at radius 1 is 1.11 bits per heavy atom. The van der Waals surface area contributed by atoms with Gasteiger partial charge in [0.1, 0.15) is 5.82 Å². The average molecular weight is 364 g/mol. The maximum atomic E-state index is 13.7. The Kier molecular flexibility index (Phi) is 5.62. The number of halogens is 1. The van der Waals surface area contributed by atoms with E-state index in [9.17, 15) is 14.3 Å². The maximum absolute atomic E-state index is 13.7. The number of carbonyl (C=O) groups is 1. The van der Waals surface area contributed by atoms with Crippen LogP contribution in [0.15, 0.2) is 54.7 Å². The van der Waals surface area contributed by atoms with Crippen LogP contribution >= 0.6 is 0 Å². The molecule has 27 heavy (non-hydrogen) atoms. The average Bonchev–Trinajstić information content (AvgIpc) is 2.69. The number of amides is 1. The minimum Gasteiger partial charge on any atom is -0.392 e. The fourth-order valence-electron chi connectivity index (χ4n) is 2.86. The fourth-order valence-corrected chi connectivity index (χ4v) is 2.86. The van der Waals surface area contributed by atoms with Crippen LogP contribution in [0.5, 0.6) is 0 Å². The summed E-state index contributed by atoms with van der Waals surface area (Å²) in [7, 11) is 0. The van der Waals surface area contributed by atoms with E-state index in [4.69, 9.17) is 0 Å². The zero-order valence-electron chi connectivity index (χ0n) is 15.3. The molecule has 0 aliphatic carbocycles. The minimum atomic E-state index is -0.286. The number of pyridine rings is 1. The van der Waals surface area contributed by atoms with Crippen LogP contribution in [-0.4, -0.2) is 16.0 Å². The second kappa shape index (κ2) is 8.10. The molecule has 4 nitrogen and oxygen atoms in total. The van der Waals surface area contributed by atoms with Crippen LogP contribution in [-0.2, 0) is 13.2 Å². The molecule has 3 aromatic rings. The molecule has 2 aromatic carbocycles. The largest absolute Gasteiger partial charge is 0.392 e. The number of hydrogen-bond acceptors (Lipinski definition) is 3. The number of benzene rings is 2. The van der Waals surface area contributed by atoms with Gasteiger partial charge in [0.15, 0.2) is 0 Å². The van der Waals surface area contributed by atoms with Crippen LogP contribution in [0.25, 0.3) is 11.3 Å². The Bertz CT molecular complexity index is 986. The molecule has 0 aliphatic heterocycles. The van der Waals surface area contributed by atoms with Gasteiger partial charge in [-0.2, -0.15) is 0 Å². The first-order valence-electron chi connectivity index (χ1n) is 8.68. The maximum Gasteiger partial charge on any atom is 0.251 e. The summed E-state index contributed by atoms with van der Waals surface area (Å²) in [6.07, 6.45) is 1.65. The lowest BCUT2D eigenvalue weighted by molar-refractivity contribution is 0.0950. The van der Waals surface area contributed by atoms with Gasteiger partial charge in [0.05, 0.1) is 12.3 Å². The molecule has 0 radical (unpaired) electrons. The van der Waals surface area contributed by atoms with E-state index in [1.807, 2.05) is 19.1 Å². The summed E-state index contributed by atoms with van der Waals surface area (Å²) in [5, 5.41) is 12.3. The predicted octanol–water partition coefficient (Wildman–Crippen LogP) is 3.93. The van der Waals surface area contributed by atoms with Gasteiger partial charge in [-0.15, -0.1) is 0 Å². The third-order valence-corrected chi connectivity index (χ3v) is 4.51. The lowest BCUT2D eigenvalue weighted by atomic mass is 9.99. The lowest BCUT2D eigenvalue weighted by Gasteiger charge is -2.12. The summed E-state index contributed by atoms with van der Waals surface area (Å²) >= 11 is 0. The number of nitrogens with zero attached hydrogens (tertiary/aromatic N) is 1. The summed E-state index contributed by atoms with van der Waals surface area (Å²) in [4.78, 5) is 17.0. The zero-order valence-corrected chi connectivity index (χ0v) is 15.3. The van der Waals surface area contributed by atoms with E-state index in [-0.39, 0.29) is 24.9 Å². The van der Waals surface area contributed by atoms with Crippen molar-refractivity contribution < 1.29 is 14.3 Å². The molecule has 0 spiro atoms. The van der Waals surface area contributed by atoms with Crippen LogP contribution in [0.3, 0.4) is 0 Å². The molecule has 0 saturated carbocycles. The molecular formula is C22H21FN2O2. The van der Waals surface area contributed by atoms with Crippen molar-refractivity contribution in [1.82, 2.24) is 10.3 Å². The van der Waals surface area contributed by atoms with Gasteiger partial charge in [0.2, 0.25) is 0 Å². The Morgan fingerprint density at radius 2 is 1.89 bits per heavy atom. The summed E-state index contributed by atoms with van der Waals surface area (Å²) in [5.74, 6) is -0.525. The van der Waals surface area contributed by atoms with Crippen LogP contribution in [0.4, 0.5) is 4.39 Å². The first-order chi connectivity index (χ1) is 13.0. The van der Waals surface area contributed by atoms with E-state index < -0.39 is 0 Å². The van der Waals surface area contributed by atoms with Crippen molar-refractivity contribution in [3.8, 4) is 11.3 Å². The molecule has 1 aromatic heterocycles. The van der Waals surface area contributed by atoms with Crippen LogP contribution in [0.1, 0.15) is 32.6 Å². The summed E-state index contributed by atoms with van der Waals surface area (Å²) in [6, 6.07) is 14.0. The first kappa shape index (κ1) is 18.7. The standard InChI is InChI=1S/C22H21FN2O2/c1-14-6-8-17(21-18(13-26)4-3-9-24-21)11-19(14)22(27)25-12-16-7-5-15(2)20(23)10-16/h3-11,26H,12-13H2,1-2H3,(H,25,27). The van der Waals surface area contributed by atoms with Crippen molar-refractivity contribution in [3.63, 3.8) is 0 Å². The van der Waals surface area contributed by atoms with E-state index in [2.05, 4.69) is 10.3 Å². The topological polar surface area (TPSA) is 62.2 Å². The van der Waals surface area contributed by atoms with Gasteiger partial charge in [-0.1, -0.05) is 30.3 Å². The highest BCUT2D eigenvalue weighted by molar-refractivity contribution is 5.96. The van der Waals surface area contributed by atoms with Gasteiger partial charge in [0, 0.05) is 29.4 Å². The first-order valence-corrected chi connectivity index (χ1v) is 8.68. The van der Waals surface area contributed by atoms with Gasteiger partial charge in [-0.05, 0) is 48.7 Å². The molecule has 0 aliphatic rings. The number of carbonyl (C=O) groups excluding carboxylic acids is 1. The van der Waals surface area contributed by atoms with Crippen molar-refractivity contribution in [1.29, 1.82) is 0 Å². The second-order valence-corrected chi connectivity index (χ2v) is 6.47. The van der Waals surface area contributed by atoms with Crippen molar-refractivity contribution in [3.05, 3.63) is 88.4 Å². The van der Waals surface area contributed by atoms with Gasteiger partial charge in [0.25, 0.3) is 5.91 Å². The monoisotopic (exact) mass is 364 g/mol. The summed E-state index contributed by atoms with van der Waals surface area (Å²) in [5.41, 5.74) is 4.73. The van der Waals surface area contributed by atoms with Crippen molar-refractivity contribution >= 4 is 5.91 Å². The number of nitrogens with one attached hydrogen (secondary N) is 1. The van der Waals surface area contributed by atoms with Crippen molar-refractivity contribution in [2.75, 3.05) is 0 Å². The number of aromatic nitrogens is 1. The molecular weight excluding hydrogens is 343 g/mol. The molecule has 1 amide bonds. The smallest absolute Gasteiger partial charge is 0.251 e. The van der Waals surface area contributed by atoms with Gasteiger partial charge >= 0.3 is 0 Å². The van der Waals surface area contributed by atoms with Crippen molar-refractivity contribution in [2.45, 2.75) is 27.0 Å². The zero-order chi connectivity index (χ0) is 19.4. The van der Waals surface area contributed by atoms with Crippen LogP contribution in [0.2, 0.25) is 0 Å². The van der Waals surface area contributed by atoms with Crippen LogP contribution in [0, 0.1) is 19.7 Å². The number of aryl methyl sites for hydroxylation is 2. The van der Waals surface area contributed by atoms with Crippen molar-refractivity contribution in [2.24, 2.45) is 0 Å². The lowest BCUT2D eigenvalue weighted by Crippen LogP contribution is -2.23. The molecule has 0 unspecified atom stereocenters. The molecule has 5 heteroatoms. The van der Waals surface area contributed by atoms with Gasteiger partial charge in [-0.25, -0.2) is 4.39 Å². The highest BCUT2D eigenvalue weighted by atomic mass is 19.1. The molecule has 138 valence electrons. The predicted molar refractivity (Wildman–Crippen MR) is 103 cm³/mol. The SMILES string of the molecule is Cc1ccc(CNC(=O)c2cc(-c3ncccc3CO)ccc2C)cc1F. The minimum absolute atomic E-state index is 0.127. The number of hydrogen-bond donors (Lipinski definition) is 2. The molecule has 0 saturated heterocycles. The van der Waals surface area contributed by atoms with E-state index in [1.165, 1.54) is 6.07 Å². The highest BCUT2D eigenvalue weighted by Crippen LogP contribution is 2.24. The molecule has 0 fully saturated rings. The van der Waals surface area contributed by atoms with E-state index in [0.29, 0.717) is 27.9 Å². The quantitative estimate of drug-likeness (QED) is 0.721. The second-order valence-electron chi connectivity index (χ2n) is 6.47. The third kappa shape index (κ3) is 4.20. The Balaban J connectivity index is 1.83. The Hall–Kier alpha value is -3.05. The third-order valence-electron chi connectivity index (χ3n) is 4.51. The molecule has 1 heterocycles. The normalized spacial score (nSPS) is 10.7. The fraction of sp³-hybridized carbons (Fsp3) is 0.182. The molecule has 0 bridgehead atoms. The Morgan fingerprint density at radius 3 is 2.63 bits per heavy atom. The number of rotatable bonds is 5.